The zero-order chi connectivity index (χ0) is 13.6. The number of H-pyrrole nitrogens is 1. The second kappa shape index (κ2) is 4.35. The monoisotopic (exact) mass is 275 g/mol. The number of carbonyl (C=O) groups excluding carboxylic acids is 1. The highest BCUT2D eigenvalue weighted by Crippen LogP contribution is 2.36. The van der Waals surface area contributed by atoms with Crippen LogP contribution >= 0.6 is 11.3 Å². The molecule has 1 aliphatic rings. The van der Waals surface area contributed by atoms with Gasteiger partial charge in [-0.3, -0.25) is 4.79 Å². The van der Waals surface area contributed by atoms with Crippen LogP contribution in [0.25, 0.3) is 0 Å². The SMILES string of the molecule is Cc1c(C(=O)O)[nH]c2c1C(=O)CC(c1cccs1)C2. The van der Waals surface area contributed by atoms with E-state index >= 15 is 0 Å². The van der Waals surface area contributed by atoms with Crippen LogP contribution in [0.5, 0.6) is 0 Å². The zero-order valence-electron chi connectivity index (χ0n) is 10.4. The number of carboxylic acid groups (broad SMARTS) is 1. The molecule has 0 saturated carbocycles. The molecule has 1 unspecified atom stereocenters. The van der Waals surface area contributed by atoms with Gasteiger partial charge < -0.3 is 10.1 Å². The number of aromatic nitrogens is 1. The molecule has 2 aromatic heterocycles. The van der Waals surface area contributed by atoms with Crippen LogP contribution in [0.2, 0.25) is 0 Å². The molecule has 0 fully saturated rings. The summed E-state index contributed by atoms with van der Waals surface area (Å²) in [5, 5.41) is 11.1. The number of ketones is 1. The highest BCUT2D eigenvalue weighted by molar-refractivity contribution is 7.10. The summed E-state index contributed by atoms with van der Waals surface area (Å²) < 4.78 is 0. The van der Waals surface area contributed by atoms with Gasteiger partial charge in [-0.15, -0.1) is 11.3 Å². The largest absolute Gasteiger partial charge is 0.477 e. The van der Waals surface area contributed by atoms with E-state index in [2.05, 4.69) is 4.98 Å². The van der Waals surface area contributed by atoms with E-state index in [1.165, 1.54) is 4.88 Å². The van der Waals surface area contributed by atoms with Gasteiger partial charge in [-0.2, -0.15) is 0 Å². The van der Waals surface area contributed by atoms with Crippen LogP contribution in [0.1, 0.15) is 49.3 Å². The summed E-state index contributed by atoms with van der Waals surface area (Å²) in [6.45, 7) is 1.70. The molecule has 0 saturated heterocycles. The second-order valence-corrected chi connectivity index (χ2v) is 5.81. The van der Waals surface area contributed by atoms with Gasteiger partial charge in [0.2, 0.25) is 0 Å². The molecule has 0 bridgehead atoms. The lowest BCUT2D eigenvalue weighted by Crippen LogP contribution is -2.17. The molecule has 3 rings (SSSR count). The van der Waals surface area contributed by atoms with Gasteiger partial charge in [0.1, 0.15) is 5.69 Å². The van der Waals surface area contributed by atoms with E-state index in [0.29, 0.717) is 24.0 Å². The first-order chi connectivity index (χ1) is 9.08. The van der Waals surface area contributed by atoms with Crippen LogP contribution < -0.4 is 0 Å². The van der Waals surface area contributed by atoms with Gasteiger partial charge in [0.05, 0.1) is 0 Å². The number of Topliss-reactive ketones (excluding diaryl/α,β-unsaturated/α-hetero) is 1. The molecule has 0 aromatic carbocycles. The van der Waals surface area contributed by atoms with E-state index in [1.807, 2.05) is 17.5 Å². The summed E-state index contributed by atoms with van der Waals surface area (Å²) in [6.07, 6.45) is 1.17. The first-order valence-electron chi connectivity index (χ1n) is 6.09. The molecule has 0 aliphatic heterocycles. The number of fused-ring (bicyclic) bond motifs is 1. The predicted molar refractivity (Wildman–Crippen MR) is 72.2 cm³/mol. The zero-order valence-corrected chi connectivity index (χ0v) is 11.2. The van der Waals surface area contributed by atoms with Gasteiger partial charge in [-0.25, -0.2) is 4.79 Å². The number of hydrogen-bond donors (Lipinski definition) is 2. The molecule has 19 heavy (non-hydrogen) atoms. The predicted octanol–water partition coefficient (Wildman–Crippen LogP) is 3.00. The van der Waals surface area contributed by atoms with Crippen molar-refractivity contribution in [1.82, 2.24) is 4.98 Å². The standard InChI is InChI=1S/C14H13NO3S/c1-7-12-9(15-13(7)14(17)18)5-8(6-10(12)16)11-3-2-4-19-11/h2-4,8,15H,5-6H2,1H3,(H,17,18). The Balaban J connectivity index is 2.03. The topological polar surface area (TPSA) is 70.2 Å². The molecular weight excluding hydrogens is 262 g/mol. The molecule has 0 radical (unpaired) electrons. The quantitative estimate of drug-likeness (QED) is 0.885. The third-order valence-corrected chi connectivity index (χ3v) is 4.68. The molecule has 2 heterocycles. The highest BCUT2D eigenvalue weighted by Gasteiger charge is 2.32. The van der Waals surface area contributed by atoms with Crippen molar-refractivity contribution in [3.63, 3.8) is 0 Å². The fourth-order valence-electron chi connectivity index (χ4n) is 2.77. The summed E-state index contributed by atoms with van der Waals surface area (Å²) in [5.74, 6) is -0.798. The lowest BCUT2D eigenvalue weighted by molar-refractivity contribution is 0.0690. The molecule has 5 heteroatoms. The number of nitrogens with one attached hydrogen (secondary N) is 1. The van der Waals surface area contributed by atoms with Crippen molar-refractivity contribution >= 4 is 23.1 Å². The summed E-state index contributed by atoms with van der Waals surface area (Å²) in [4.78, 5) is 27.4. The molecule has 0 amide bonds. The summed E-state index contributed by atoms with van der Waals surface area (Å²) in [6, 6.07) is 4.00. The normalized spacial score (nSPS) is 18.4. The van der Waals surface area contributed by atoms with Crippen molar-refractivity contribution in [3.05, 3.63) is 44.9 Å². The van der Waals surface area contributed by atoms with Crippen LogP contribution in [-0.4, -0.2) is 21.8 Å². The van der Waals surface area contributed by atoms with Gasteiger partial charge in [0.25, 0.3) is 0 Å². The lowest BCUT2D eigenvalue weighted by Gasteiger charge is -2.20. The third-order valence-electron chi connectivity index (χ3n) is 3.65. The molecule has 2 N–H and O–H groups in total. The Labute approximate surface area is 114 Å². The summed E-state index contributed by atoms with van der Waals surface area (Å²) >= 11 is 1.64. The van der Waals surface area contributed by atoms with Crippen molar-refractivity contribution in [2.24, 2.45) is 0 Å². The number of carboxylic acids is 1. The minimum absolute atomic E-state index is 0.0425. The van der Waals surface area contributed by atoms with Gasteiger partial charge in [-0.1, -0.05) is 6.07 Å². The minimum Gasteiger partial charge on any atom is -0.477 e. The second-order valence-electron chi connectivity index (χ2n) is 4.83. The van der Waals surface area contributed by atoms with Crippen LogP contribution in [0.4, 0.5) is 0 Å². The molecule has 98 valence electrons. The van der Waals surface area contributed by atoms with Gasteiger partial charge in [0, 0.05) is 28.5 Å². The molecule has 1 atom stereocenters. The smallest absolute Gasteiger partial charge is 0.352 e. The number of aromatic amines is 1. The number of aromatic carboxylic acids is 1. The maximum atomic E-state index is 12.2. The fourth-order valence-corrected chi connectivity index (χ4v) is 3.60. The van der Waals surface area contributed by atoms with E-state index in [4.69, 9.17) is 5.11 Å². The fraction of sp³-hybridized carbons (Fsp3) is 0.286. The maximum Gasteiger partial charge on any atom is 0.352 e. The van der Waals surface area contributed by atoms with Crippen molar-refractivity contribution in [3.8, 4) is 0 Å². The summed E-state index contributed by atoms with van der Waals surface area (Å²) in [5.41, 5.74) is 2.07. The number of carbonyl (C=O) groups is 2. The van der Waals surface area contributed by atoms with Crippen molar-refractivity contribution in [1.29, 1.82) is 0 Å². The van der Waals surface area contributed by atoms with Crippen molar-refractivity contribution < 1.29 is 14.7 Å². The average Bonchev–Trinajstić information content (AvgIpc) is 2.96. The number of hydrogen-bond acceptors (Lipinski definition) is 3. The Morgan fingerprint density at radius 1 is 1.47 bits per heavy atom. The first kappa shape index (κ1) is 12.2. The first-order valence-corrected chi connectivity index (χ1v) is 6.97. The highest BCUT2D eigenvalue weighted by atomic mass is 32.1. The minimum atomic E-state index is -1.01. The molecular formula is C14H13NO3S. The molecule has 4 nitrogen and oxygen atoms in total. The van der Waals surface area contributed by atoms with Gasteiger partial charge >= 0.3 is 5.97 Å². The van der Waals surface area contributed by atoms with Crippen molar-refractivity contribution in [2.75, 3.05) is 0 Å². The van der Waals surface area contributed by atoms with E-state index in [0.717, 1.165) is 5.69 Å². The van der Waals surface area contributed by atoms with Crippen LogP contribution in [0, 0.1) is 6.92 Å². The van der Waals surface area contributed by atoms with Crippen molar-refractivity contribution in [2.45, 2.75) is 25.7 Å². The Bertz CT molecular complexity index is 655. The van der Waals surface area contributed by atoms with Crippen LogP contribution in [0.3, 0.4) is 0 Å². The van der Waals surface area contributed by atoms with E-state index in [-0.39, 0.29) is 17.4 Å². The Morgan fingerprint density at radius 3 is 2.89 bits per heavy atom. The molecule has 2 aromatic rings. The third kappa shape index (κ3) is 1.90. The van der Waals surface area contributed by atoms with E-state index in [1.54, 1.807) is 18.3 Å². The summed E-state index contributed by atoms with van der Waals surface area (Å²) in [7, 11) is 0. The molecule has 1 aliphatic carbocycles. The van der Waals surface area contributed by atoms with E-state index in [9.17, 15) is 9.59 Å². The maximum absolute atomic E-state index is 12.2. The average molecular weight is 275 g/mol. The Morgan fingerprint density at radius 2 is 2.26 bits per heavy atom. The van der Waals surface area contributed by atoms with Gasteiger partial charge in [-0.05, 0) is 30.4 Å². The Kier molecular flexibility index (Phi) is 2.78. The van der Waals surface area contributed by atoms with E-state index < -0.39 is 5.97 Å². The number of rotatable bonds is 2. The Hall–Kier alpha value is -1.88. The lowest BCUT2D eigenvalue weighted by atomic mass is 9.84. The van der Waals surface area contributed by atoms with Gasteiger partial charge in [0.15, 0.2) is 5.78 Å². The number of thiophene rings is 1. The van der Waals surface area contributed by atoms with Crippen LogP contribution in [0.15, 0.2) is 17.5 Å². The van der Waals surface area contributed by atoms with Crippen LogP contribution in [-0.2, 0) is 6.42 Å². The molecule has 0 spiro atoms.